The predicted molar refractivity (Wildman–Crippen MR) is 102 cm³/mol. The lowest BCUT2D eigenvalue weighted by atomic mass is 9.89. The minimum atomic E-state index is -0.457. The molecule has 3 nitrogen and oxygen atoms in total. The normalized spacial score (nSPS) is 22.8. The smallest absolute Gasteiger partial charge is 0.152 e. The number of carbonyl (C=O) groups is 1. The Hall–Kier alpha value is -1.55. The second-order valence-corrected chi connectivity index (χ2v) is 8.14. The van der Waals surface area contributed by atoms with E-state index in [1.165, 1.54) is 0 Å². The molecule has 0 heterocycles. The molecule has 4 heteroatoms. The number of nitrogens with zero attached hydrogens (tertiary/aromatic N) is 1. The van der Waals surface area contributed by atoms with Gasteiger partial charge in [-0.15, -0.1) is 11.8 Å². The number of thioether (sulfide) groups is 1. The maximum Gasteiger partial charge on any atom is 0.152 e. The summed E-state index contributed by atoms with van der Waals surface area (Å²) in [7, 11) is 0. The number of ketones is 1. The van der Waals surface area contributed by atoms with E-state index in [2.05, 4.69) is 37.5 Å². The highest BCUT2D eigenvalue weighted by Gasteiger charge is 2.50. The maximum atomic E-state index is 12.7. The van der Waals surface area contributed by atoms with Crippen molar-refractivity contribution >= 4 is 35.6 Å². The number of carbonyl (C=O) groups excluding carboxylic acids is 1. The Balaban J connectivity index is 2.13. The summed E-state index contributed by atoms with van der Waals surface area (Å²) in [5.41, 5.74) is 2.97. The number of rotatable bonds is 7. The SMILES string of the molecule is C=Nc1ccccc1NCSC1(C(=O)CC)CC(C)(C)CC1=C. The average molecular weight is 330 g/mol. The summed E-state index contributed by atoms with van der Waals surface area (Å²) < 4.78 is -0.457. The highest BCUT2D eigenvalue weighted by molar-refractivity contribution is 8.01. The first-order valence-corrected chi connectivity index (χ1v) is 8.98. The van der Waals surface area contributed by atoms with Crippen LogP contribution >= 0.6 is 11.8 Å². The van der Waals surface area contributed by atoms with Gasteiger partial charge in [-0.2, -0.15) is 0 Å². The number of para-hydroxylation sites is 2. The monoisotopic (exact) mass is 330 g/mol. The largest absolute Gasteiger partial charge is 0.374 e. The highest BCUT2D eigenvalue weighted by Crippen LogP contribution is 2.54. The molecule has 2 rings (SSSR count). The van der Waals surface area contributed by atoms with Crippen molar-refractivity contribution < 1.29 is 4.79 Å². The van der Waals surface area contributed by atoms with Crippen LogP contribution in [0.5, 0.6) is 0 Å². The Morgan fingerprint density at radius 2 is 2.09 bits per heavy atom. The molecular formula is C19H26N2OS. The van der Waals surface area contributed by atoms with Crippen LogP contribution in [0.4, 0.5) is 11.4 Å². The van der Waals surface area contributed by atoms with E-state index in [0.717, 1.165) is 29.8 Å². The fourth-order valence-electron chi connectivity index (χ4n) is 3.39. The molecule has 124 valence electrons. The van der Waals surface area contributed by atoms with E-state index in [-0.39, 0.29) is 11.2 Å². The molecular weight excluding hydrogens is 304 g/mol. The van der Waals surface area contributed by atoms with Crippen molar-refractivity contribution in [1.82, 2.24) is 0 Å². The van der Waals surface area contributed by atoms with Crippen molar-refractivity contribution in [3.8, 4) is 0 Å². The molecule has 1 fully saturated rings. The molecule has 0 radical (unpaired) electrons. The third-order valence-electron chi connectivity index (χ3n) is 4.42. The van der Waals surface area contributed by atoms with Crippen molar-refractivity contribution in [2.45, 2.75) is 44.8 Å². The van der Waals surface area contributed by atoms with E-state index in [1.807, 2.05) is 31.2 Å². The Kier molecular flexibility index (Phi) is 5.35. The van der Waals surface area contributed by atoms with Crippen molar-refractivity contribution in [3.05, 3.63) is 36.4 Å². The third kappa shape index (κ3) is 3.69. The molecule has 1 N–H and O–H groups in total. The Labute approximate surface area is 143 Å². The van der Waals surface area contributed by atoms with Crippen molar-refractivity contribution in [2.75, 3.05) is 11.2 Å². The lowest BCUT2D eigenvalue weighted by molar-refractivity contribution is -0.120. The molecule has 1 aromatic rings. The van der Waals surface area contributed by atoms with Crippen LogP contribution in [0.1, 0.15) is 40.0 Å². The van der Waals surface area contributed by atoms with E-state index in [9.17, 15) is 4.79 Å². The van der Waals surface area contributed by atoms with Gasteiger partial charge in [-0.3, -0.25) is 9.79 Å². The quantitative estimate of drug-likeness (QED) is 0.423. The van der Waals surface area contributed by atoms with E-state index in [4.69, 9.17) is 0 Å². The summed E-state index contributed by atoms with van der Waals surface area (Å²) in [6.45, 7) is 14.2. The maximum absolute atomic E-state index is 12.7. The van der Waals surface area contributed by atoms with Crippen LogP contribution in [0.3, 0.4) is 0 Å². The van der Waals surface area contributed by atoms with Crippen LogP contribution in [0.2, 0.25) is 0 Å². The molecule has 0 aromatic heterocycles. The van der Waals surface area contributed by atoms with Gasteiger partial charge in [0.05, 0.1) is 22.0 Å². The Morgan fingerprint density at radius 3 is 2.65 bits per heavy atom. The topological polar surface area (TPSA) is 41.5 Å². The first kappa shape index (κ1) is 17.8. The van der Waals surface area contributed by atoms with Gasteiger partial charge in [0.2, 0.25) is 0 Å². The van der Waals surface area contributed by atoms with Gasteiger partial charge in [0.1, 0.15) is 0 Å². The van der Waals surface area contributed by atoms with Crippen molar-refractivity contribution in [2.24, 2.45) is 10.4 Å². The second-order valence-electron chi connectivity index (χ2n) is 6.87. The molecule has 1 aliphatic rings. The minimum Gasteiger partial charge on any atom is -0.374 e. The van der Waals surface area contributed by atoms with Crippen molar-refractivity contribution in [1.29, 1.82) is 0 Å². The first-order valence-electron chi connectivity index (χ1n) is 8.00. The van der Waals surface area contributed by atoms with Gasteiger partial charge in [0.25, 0.3) is 0 Å². The second kappa shape index (κ2) is 6.91. The van der Waals surface area contributed by atoms with Gasteiger partial charge < -0.3 is 5.32 Å². The number of benzene rings is 1. The number of hydrogen-bond donors (Lipinski definition) is 1. The zero-order valence-corrected chi connectivity index (χ0v) is 15.1. The molecule has 0 amide bonds. The fourth-order valence-corrected chi connectivity index (χ4v) is 4.94. The third-order valence-corrected chi connectivity index (χ3v) is 5.86. The number of aliphatic imine (C=N–C) groups is 1. The van der Waals surface area contributed by atoms with Gasteiger partial charge in [-0.1, -0.05) is 45.1 Å². The minimum absolute atomic E-state index is 0.134. The highest BCUT2D eigenvalue weighted by atomic mass is 32.2. The summed E-state index contributed by atoms with van der Waals surface area (Å²) in [5.74, 6) is 0.933. The van der Waals surface area contributed by atoms with Crippen LogP contribution in [0, 0.1) is 5.41 Å². The van der Waals surface area contributed by atoms with Gasteiger partial charge in [-0.25, -0.2) is 0 Å². The number of Topliss-reactive ketones (excluding diaryl/α,β-unsaturated/α-hetero) is 1. The van der Waals surface area contributed by atoms with Crippen LogP contribution < -0.4 is 5.32 Å². The number of hydrogen-bond acceptors (Lipinski definition) is 4. The van der Waals surface area contributed by atoms with Gasteiger partial charge in [-0.05, 0) is 37.1 Å². The zero-order valence-electron chi connectivity index (χ0n) is 14.3. The van der Waals surface area contributed by atoms with E-state index in [1.54, 1.807) is 11.8 Å². The van der Waals surface area contributed by atoms with Gasteiger partial charge in [0.15, 0.2) is 5.78 Å². The average Bonchev–Trinajstić information content (AvgIpc) is 2.76. The molecule has 1 saturated carbocycles. The molecule has 1 aliphatic carbocycles. The van der Waals surface area contributed by atoms with Crippen LogP contribution in [0.25, 0.3) is 0 Å². The molecule has 0 aliphatic heterocycles. The molecule has 1 unspecified atom stereocenters. The summed E-state index contributed by atoms with van der Waals surface area (Å²) >= 11 is 1.67. The Morgan fingerprint density at radius 1 is 1.39 bits per heavy atom. The molecule has 1 aromatic carbocycles. The fraction of sp³-hybridized carbons (Fsp3) is 0.474. The zero-order chi connectivity index (χ0) is 17.1. The summed E-state index contributed by atoms with van der Waals surface area (Å²) in [6, 6.07) is 7.80. The van der Waals surface area contributed by atoms with E-state index >= 15 is 0 Å². The summed E-state index contributed by atoms with van der Waals surface area (Å²) in [6.07, 6.45) is 2.32. The number of nitrogens with one attached hydrogen (secondary N) is 1. The standard InChI is InChI=1S/C19H26N2OS/c1-6-17(22)19(12-18(3,4)11-14(19)2)23-13-21-16-10-8-7-9-15(16)20-5/h7-10,21H,2,5-6,11-13H2,1,3-4H3. The molecule has 23 heavy (non-hydrogen) atoms. The first-order chi connectivity index (χ1) is 10.8. The van der Waals surface area contributed by atoms with Crippen LogP contribution in [-0.4, -0.2) is 23.1 Å². The van der Waals surface area contributed by atoms with Crippen LogP contribution in [0.15, 0.2) is 41.4 Å². The van der Waals surface area contributed by atoms with E-state index in [0.29, 0.717) is 12.3 Å². The van der Waals surface area contributed by atoms with E-state index < -0.39 is 4.75 Å². The Bertz CT molecular complexity index is 624. The van der Waals surface area contributed by atoms with Gasteiger partial charge >= 0.3 is 0 Å². The predicted octanol–water partition coefficient (Wildman–Crippen LogP) is 5.22. The number of anilines is 1. The lowest BCUT2D eigenvalue weighted by Crippen LogP contribution is -2.35. The molecule has 0 spiro atoms. The summed E-state index contributed by atoms with van der Waals surface area (Å²) in [5, 5.41) is 3.38. The van der Waals surface area contributed by atoms with Gasteiger partial charge in [0, 0.05) is 6.42 Å². The summed E-state index contributed by atoms with van der Waals surface area (Å²) in [4.78, 5) is 16.7. The molecule has 0 bridgehead atoms. The molecule has 1 atom stereocenters. The molecule has 0 saturated heterocycles. The lowest BCUT2D eigenvalue weighted by Gasteiger charge is -2.30. The van der Waals surface area contributed by atoms with Crippen molar-refractivity contribution in [3.63, 3.8) is 0 Å². The van der Waals surface area contributed by atoms with Crippen LogP contribution in [-0.2, 0) is 4.79 Å².